The van der Waals surface area contributed by atoms with Crippen molar-refractivity contribution in [3.63, 3.8) is 0 Å². The summed E-state index contributed by atoms with van der Waals surface area (Å²) in [5.41, 5.74) is 3.09. The predicted molar refractivity (Wildman–Crippen MR) is 105 cm³/mol. The molecule has 3 aromatic carbocycles. The largest absolute Gasteiger partial charge is 0.490 e. The van der Waals surface area contributed by atoms with Crippen molar-refractivity contribution in [1.82, 2.24) is 0 Å². The second-order valence-electron chi connectivity index (χ2n) is 5.80. The summed E-state index contributed by atoms with van der Waals surface area (Å²) in [6, 6.07) is 23.8. The van der Waals surface area contributed by atoms with Gasteiger partial charge in [-0.3, -0.25) is 0 Å². The molecule has 0 bridgehead atoms. The van der Waals surface area contributed by atoms with Crippen LogP contribution in [-0.4, -0.2) is 7.11 Å². The van der Waals surface area contributed by atoms with Crippen LogP contribution in [0, 0.1) is 0 Å². The maximum absolute atomic E-state index is 6.00. The fourth-order valence-electron chi connectivity index (χ4n) is 2.60. The molecule has 3 rings (SSSR count). The summed E-state index contributed by atoms with van der Waals surface area (Å²) in [5, 5.41) is 0. The van der Waals surface area contributed by atoms with Crippen LogP contribution in [0.5, 0.6) is 17.2 Å². The Morgan fingerprint density at radius 1 is 0.769 bits per heavy atom. The van der Waals surface area contributed by atoms with Crippen molar-refractivity contribution in [2.24, 2.45) is 0 Å². The van der Waals surface area contributed by atoms with Gasteiger partial charge in [-0.05, 0) is 28.8 Å². The van der Waals surface area contributed by atoms with Gasteiger partial charge in [-0.2, -0.15) is 0 Å². The Labute approximate surface area is 154 Å². The van der Waals surface area contributed by atoms with Crippen LogP contribution in [0.25, 0.3) is 6.08 Å². The summed E-state index contributed by atoms with van der Waals surface area (Å²) in [6.45, 7) is 4.76. The minimum absolute atomic E-state index is 0.454. The zero-order valence-corrected chi connectivity index (χ0v) is 14.9. The Balaban J connectivity index is 1.82. The number of ether oxygens (including phenoxy) is 3. The molecule has 0 atom stereocenters. The molecule has 0 aromatic heterocycles. The Morgan fingerprint density at radius 3 is 1.62 bits per heavy atom. The van der Waals surface area contributed by atoms with E-state index in [2.05, 4.69) is 6.58 Å². The minimum Gasteiger partial charge on any atom is -0.490 e. The van der Waals surface area contributed by atoms with Gasteiger partial charge in [0.25, 0.3) is 0 Å². The highest BCUT2D eigenvalue weighted by atomic mass is 16.5. The molecule has 3 aromatic rings. The van der Waals surface area contributed by atoms with Crippen LogP contribution in [-0.2, 0) is 13.2 Å². The fraction of sp³-hybridized carbons (Fsp3) is 0.130. The first-order chi connectivity index (χ1) is 12.8. The summed E-state index contributed by atoms with van der Waals surface area (Å²) >= 11 is 0. The lowest BCUT2D eigenvalue weighted by atomic mass is 10.1. The topological polar surface area (TPSA) is 27.7 Å². The molecule has 0 saturated heterocycles. The van der Waals surface area contributed by atoms with Crippen molar-refractivity contribution < 1.29 is 14.2 Å². The first-order valence-electron chi connectivity index (χ1n) is 8.48. The van der Waals surface area contributed by atoms with Crippen molar-refractivity contribution >= 4 is 6.08 Å². The smallest absolute Gasteiger partial charge is 0.203 e. The zero-order chi connectivity index (χ0) is 18.2. The van der Waals surface area contributed by atoms with E-state index in [-0.39, 0.29) is 0 Å². The molecule has 0 saturated carbocycles. The molecule has 132 valence electrons. The highest BCUT2D eigenvalue weighted by molar-refractivity contribution is 5.61. The van der Waals surface area contributed by atoms with Gasteiger partial charge in [0, 0.05) is 0 Å². The van der Waals surface area contributed by atoms with Crippen LogP contribution in [0.2, 0.25) is 0 Å². The zero-order valence-electron chi connectivity index (χ0n) is 14.9. The molecule has 0 amide bonds. The van der Waals surface area contributed by atoms with Crippen molar-refractivity contribution in [1.29, 1.82) is 0 Å². The standard InChI is InChI=1S/C23H22O3/c1-3-18-14-21(25-16-19-10-6-4-7-11-19)23(24-2)22(15-18)26-17-20-12-8-5-9-13-20/h3-15H,1,16-17H2,2H3. The first kappa shape index (κ1) is 17.6. The molecule has 26 heavy (non-hydrogen) atoms. The molecule has 3 heteroatoms. The van der Waals surface area contributed by atoms with Crippen molar-refractivity contribution in [3.8, 4) is 17.2 Å². The average molecular weight is 346 g/mol. The lowest BCUT2D eigenvalue weighted by Gasteiger charge is -2.16. The number of methoxy groups -OCH3 is 1. The third-order valence-electron chi connectivity index (χ3n) is 3.96. The maximum atomic E-state index is 6.00. The quantitative estimate of drug-likeness (QED) is 0.539. The third kappa shape index (κ3) is 4.45. The van der Waals surface area contributed by atoms with Gasteiger partial charge in [0.05, 0.1) is 7.11 Å². The van der Waals surface area contributed by atoms with Gasteiger partial charge >= 0.3 is 0 Å². The minimum atomic E-state index is 0.454. The van der Waals surface area contributed by atoms with Crippen LogP contribution >= 0.6 is 0 Å². The lowest BCUT2D eigenvalue weighted by molar-refractivity contribution is 0.257. The van der Waals surface area contributed by atoms with E-state index in [4.69, 9.17) is 14.2 Å². The molecule has 0 unspecified atom stereocenters. The Bertz CT molecular complexity index is 777. The molecule has 3 nitrogen and oxygen atoms in total. The van der Waals surface area contributed by atoms with E-state index in [0.29, 0.717) is 30.5 Å². The number of rotatable bonds is 8. The van der Waals surface area contributed by atoms with Crippen molar-refractivity contribution in [2.75, 3.05) is 7.11 Å². The molecule has 0 radical (unpaired) electrons. The Morgan fingerprint density at radius 2 is 1.23 bits per heavy atom. The first-order valence-corrected chi connectivity index (χ1v) is 8.48. The number of benzene rings is 3. The second-order valence-corrected chi connectivity index (χ2v) is 5.80. The lowest BCUT2D eigenvalue weighted by Crippen LogP contribution is -2.02. The van der Waals surface area contributed by atoms with Gasteiger partial charge in [0.1, 0.15) is 13.2 Å². The van der Waals surface area contributed by atoms with Crippen LogP contribution in [0.3, 0.4) is 0 Å². The predicted octanol–water partition coefficient (Wildman–Crippen LogP) is 5.50. The summed E-state index contributed by atoms with van der Waals surface area (Å²) in [4.78, 5) is 0. The summed E-state index contributed by atoms with van der Waals surface area (Å²) in [5.74, 6) is 1.86. The highest BCUT2D eigenvalue weighted by Crippen LogP contribution is 2.39. The van der Waals surface area contributed by atoms with Crippen LogP contribution in [0.15, 0.2) is 79.4 Å². The molecule has 0 N–H and O–H groups in total. The molecule has 0 fully saturated rings. The molecular formula is C23H22O3. The van der Waals surface area contributed by atoms with Gasteiger partial charge in [-0.25, -0.2) is 0 Å². The summed E-state index contributed by atoms with van der Waals surface area (Å²) in [6.07, 6.45) is 1.77. The van der Waals surface area contributed by atoms with E-state index in [0.717, 1.165) is 16.7 Å². The second kappa shape index (κ2) is 8.77. The van der Waals surface area contributed by atoms with Gasteiger partial charge in [0.2, 0.25) is 5.75 Å². The number of hydrogen-bond donors (Lipinski definition) is 0. The van der Waals surface area contributed by atoms with E-state index >= 15 is 0 Å². The molecule has 0 spiro atoms. The molecule has 0 aliphatic rings. The van der Waals surface area contributed by atoms with E-state index in [1.807, 2.05) is 72.8 Å². The molecular weight excluding hydrogens is 324 g/mol. The Hall–Kier alpha value is -3.20. The third-order valence-corrected chi connectivity index (χ3v) is 3.96. The van der Waals surface area contributed by atoms with Gasteiger partial charge in [-0.15, -0.1) is 0 Å². The van der Waals surface area contributed by atoms with Crippen LogP contribution in [0.1, 0.15) is 16.7 Å². The molecule has 0 heterocycles. The van der Waals surface area contributed by atoms with E-state index in [9.17, 15) is 0 Å². The van der Waals surface area contributed by atoms with Crippen molar-refractivity contribution in [3.05, 3.63) is 96.1 Å². The Kier molecular flexibility index (Phi) is 5.94. The van der Waals surface area contributed by atoms with E-state index in [1.54, 1.807) is 13.2 Å². The van der Waals surface area contributed by atoms with Gasteiger partial charge < -0.3 is 14.2 Å². The van der Waals surface area contributed by atoms with Gasteiger partial charge in [-0.1, -0.05) is 73.3 Å². The SMILES string of the molecule is C=Cc1cc(OCc2ccccc2)c(OC)c(OCc2ccccc2)c1. The van der Waals surface area contributed by atoms with Crippen LogP contribution in [0.4, 0.5) is 0 Å². The average Bonchev–Trinajstić information content (AvgIpc) is 2.71. The molecule has 0 aliphatic carbocycles. The summed E-state index contributed by atoms with van der Waals surface area (Å²) < 4.78 is 17.6. The van der Waals surface area contributed by atoms with Crippen LogP contribution < -0.4 is 14.2 Å². The van der Waals surface area contributed by atoms with E-state index in [1.165, 1.54) is 0 Å². The normalized spacial score (nSPS) is 10.2. The number of hydrogen-bond acceptors (Lipinski definition) is 3. The molecule has 0 aliphatic heterocycles. The van der Waals surface area contributed by atoms with Crippen molar-refractivity contribution in [2.45, 2.75) is 13.2 Å². The summed E-state index contributed by atoms with van der Waals surface area (Å²) in [7, 11) is 1.62. The highest BCUT2D eigenvalue weighted by Gasteiger charge is 2.14. The maximum Gasteiger partial charge on any atom is 0.203 e. The monoisotopic (exact) mass is 346 g/mol. The van der Waals surface area contributed by atoms with E-state index < -0.39 is 0 Å². The van der Waals surface area contributed by atoms with Gasteiger partial charge in [0.15, 0.2) is 11.5 Å². The fourth-order valence-corrected chi connectivity index (χ4v) is 2.60.